The van der Waals surface area contributed by atoms with E-state index in [1.807, 2.05) is 13.8 Å². The second-order valence-electron chi connectivity index (χ2n) is 5.62. The molecule has 0 spiro atoms. The molecule has 1 N–H and O–H groups in total. The van der Waals surface area contributed by atoms with E-state index in [9.17, 15) is 0 Å². The molecule has 0 aliphatic carbocycles. The van der Waals surface area contributed by atoms with E-state index < -0.39 is 0 Å². The Labute approximate surface area is 108 Å². The van der Waals surface area contributed by atoms with E-state index in [0.29, 0.717) is 0 Å². The lowest BCUT2D eigenvalue weighted by Crippen LogP contribution is -2.38. The molecule has 0 saturated carbocycles. The molecule has 2 aliphatic heterocycles. The SMILES string of the molecule is CC.CC(C)C1CCCC2CCNCCN2C1. The number of rotatable bonds is 1. The Kier molecular flexibility index (Phi) is 7.14. The third kappa shape index (κ3) is 4.59. The van der Waals surface area contributed by atoms with Gasteiger partial charge in [0, 0.05) is 25.7 Å². The maximum Gasteiger partial charge on any atom is 0.0110 e. The van der Waals surface area contributed by atoms with Crippen molar-refractivity contribution in [3.63, 3.8) is 0 Å². The van der Waals surface area contributed by atoms with Crippen LogP contribution in [-0.4, -0.2) is 37.1 Å². The highest BCUT2D eigenvalue weighted by Gasteiger charge is 2.27. The predicted octanol–water partition coefficient (Wildman–Crippen LogP) is 3.13. The van der Waals surface area contributed by atoms with Crippen LogP contribution < -0.4 is 5.32 Å². The standard InChI is InChI=1S/C13H26N2.C2H6/c1-11(2)12-4-3-5-13-6-7-14-8-9-15(13)10-12;1-2/h11-14H,3-10H2,1-2H3;1-2H3. The van der Waals surface area contributed by atoms with Gasteiger partial charge in [-0.25, -0.2) is 0 Å². The van der Waals surface area contributed by atoms with Crippen LogP contribution in [0.25, 0.3) is 0 Å². The van der Waals surface area contributed by atoms with Crippen molar-refractivity contribution < 1.29 is 0 Å². The fourth-order valence-electron chi connectivity index (χ4n) is 3.10. The lowest BCUT2D eigenvalue weighted by Gasteiger charge is -2.30. The molecule has 2 fully saturated rings. The largest absolute Gasteiger partial charge is 0.315 e. The summed E-state index contributed by atoms with van der Waals surface area (Å²) >= 11 is 0. The highest BCUT2D eigenvalue weighted by molar-refractivity contribution is 4.83. The van der Waals surface area contributed by atoms with Crippen LogP contribution in [0.3, 0.4) is 0 Å². The topological polar surface area (TPSA) is 15.3 Å². The van der Waals surface area contributed by atoms with E-state index in [2.05, 4.69) is 24.1 Å². The minimum atomic E-state index is 0.861. The van der Waals surface area contributed by atoms with Gasteiger partial charge in [0.25, 0.3) is 0 Å². The average Bonchev–Trinajstić information content (AvgIpc) is 2.65. The number of hydrogen-bond donors (Lipinski definition) is 1. The molecule has 0 radical (unpaired) electrons. The summed E-state index contributed by atoms with van der Waals surface area (Å²) in [7, 11) is 0. The molecule has 2 aliphatic rings. The summed E-state index contributed by atoms with van der Waals surface area (Å²) in [5.74, 6) is 1.80. The molecule has 2 unspecified atom stereocenters. The quantitative estimate of drug-likeness (QED) is 0.757. The summed E-state index contributed by atoms with van der Waals surface area (Å²) in [4.78, 5) is 2.76. The Hall–Kier alpha value is -0.0800. The second kappa shape index (κ2) is 8.10. The maximum atomic E-state index is 3.53. The van der Waals surface area contributed by atoms with Crippen LogP contribution in [0.2, 0.25) is 0 Å². The molecular formula is C15H32N2. The van der Waals surface area contributed by atoms with Crippen LogP contribution in [0, 0.1) is 11.8 Å². The van der Waals surface area contributed by atoms with E-state index in [1.54, 1.807) is 0 Å². The smallest absolute Gasteiger partial charge is 0.0110 e. The minimum absolute atomic E-state index is 0.861. The highest BCUT2D eigenvalue weighted by Crippen LogP contribution is 2.27. The van der Waals surface area contributed by atoms with E-state index in [0.717, 1.165) is 17.9 Å². The van der Waals surface area contributed by atoms with E-state index >= 15 is 0 Å². The number of hydrogen-bond acceptors (Lipinski definition) is 2. The van der Waals surface area contributed by atoms with Crippen molar-refractivity contribution in [3.8, 4) is 0 Å². The molecular weight excluding hydrogens is 208 g/mol. The zero-order valence-electron chi connectivity index (χ0n) is 12.3. The summed E-state index contributed by atoms with van der Waals surface area (Å²) in [5, 5.41) is 3.53. The highest BCUT2D eigenvalue weighted by atomic mass is 15.2. The van der Waals surface area contributed by atoms with Gasteiger partial charge in [0.1, 0.15) is 0 Å². The van der Waals surface area contributed by atoms with Crippen LogP contribution in [-0.2, 0) is 0 Å². The Morgan fingerprint density at radius 2 is 1.82 bits per heavy atom. The predicted molar refractivity (Wildman–Crippen MR) is 76.4 cm³/mol. The lowest BCUT2D eigenvalue weighted by molar-refractivity contribution is 0.172. The summed E-state index contributed by atoms with van der Waals surface area (Å²) in [6.07, 6.45) is 5.71. The second-order valence-corrected chi connectivity index (χ2v) is 5.62. The summed E-state index contributed by atoms with van der Waals surface area (Å²) in [5.41, 5.74) is 0. The van der Waals surface area contributed by atoms with Gasteiger partial charge in [-0.3, -0.25) is 4.90 Å². The fraction of sp³-hybridized carbons (Fsp3) is 1.00. The van der Waals surface area contributed by atoms with Crippen molar-refractivity contribution in [1.82, 2.24) is 10.2 Å². The number of nitrogens with zero attached hydrogens (tertiary/aromatic N) is 1. The van der Waals surface area contributed by atoms with Crippen molar-refractivity contribution >= 4 is 0 Å². The van der Waals surface area contributed by atoms with Crippen LogP contribution in [0.5, 0.6) is 0 Å². The van der Waals surface area contributed by atoms with Gasteiger partial charge < -0.3 is 5.32 Å². The first-order valence-electron chi connectivity index (χ1n) is 7.72. The molecule has 0 amide bonds. The zero-order chi connectivity index (χ0) is 12.7. The van der Waals surface area contributed by atoms with E-state index in [-0.39, 0.29) is 0 Å². The van der Waals surface area contributed by atoms with Gasteiger partial charge >= 0.3 is 0 Å². The van der Waals surface area contributed by atoms with Crippen LogP contribution in [0.4, 0.5) is 0 Å². The summed E-state index contributed by atoms with van der Waals surface area (Å²) < 4.78 is 0. The molecule has 2 rings (SSSR count). The molecule has 2 nitrogen and oxygen atoms in total. The van der Waals surface area contributed by atoms with Crippen LogP contribution in [0.15, 0.2) is 0 Å². The molecule has 2 heteroatoms. The van der Waals surface area contributed by atoms with Crippen molar-refractivity contribution in [2.75, 3.05) is 26.2 Å². The maximum absolute atomic E-state index is 3.53. The van der Waals surface area contributed by atoms with Gasteiger partial charge in [-0.2, -0.15) is 0 Å². The van der Waals surface area contributed by atoms with Gasteiger partial charge in [0.05, 0.1) is 0 Å². The molecule has 2 atom stereocenters. The van der Waals surface area contributed by atoms with Crippen molar-refractivity contribution in [1.29, 1.82) is 0 Å². The molecule has 0 aromatic carbocycles. The normalized spacial score (nSPS) is 30.9. The lowest BCUT2D eigenvalue weighted by atomic mass is 9.91. The van der Waals surface area contributed by atoms with E-state index in [4.69, 9.17) is 0 Å². The molecule has 0 aromatic heterocycles. The Bertz CT molecular complexity index is 191. The van der Waals surface area contributed by atoms with Crippen molar-refractivity contribution in [3.05, 3.63) is 0 Å². The fourth-order valence-corrected chi connectivity index (χ4v) is 3.10. The van der Waals surface area contributed by atoms with E-state index in [1.165, 1.54) is 51.9 Å². The first-order valence-corrected chi connectivity index (χ1v) is 7.72. The van der Waals surface area contributed by atoms with Crippen LogP contribution >= 0.6 is 0 Å². The molecule has 102 valence electrons. The summed E-state index contributed by atoms with van der Waals surface area (Å²) in [6, 6.07) is 0.878. The van der Waals surface area contributed by atoms with Crippen molar-refractivity contribution in [2.24, 2.45) is 11.8 Å². The first-order chi connectivity index (χ1) is 8.27. The van der Waals surface area contributed by atoms with Gasteiger partial charge in [-0.05, 0) is 37.6 Å². The minimum Gasteiger partial charge on any atom is -0.315 e. The van der Waals surface area contributed by atoms with Gasteiger partial charge in [-0.15, -0.1) is 0 Å². The number of nitrogens with one attached hydrogen (secondary N) is 1. The third-order valence-corrected chi connectivity index (χ3v) is 4.27. The third-order valence-electron chi connectivity index (χ3n) is 4.27. The van der Waals surface area contributed by atoms with Crippen LogP contribution in [0.1, 0.15) is 53.4 Å². The molecule has 2 heterocycles. The van der Waals surface area contributed by atoms with Crippen molar-refractivity contribution in [2.45, 2.75) is 59.4 Å². The van der Waals surface area contributed by atoms with Gasteiger partial charge in [0.2, 0.25) is 0 Å². The average molecular weight is 240 g/mol. The molecule has 2 saturated heterocycles. The zero-order valence-corrected chi connectivity index (χ0v) is 12.3. The molecule has 17 heavy (non-hydrogen) atoms. The van der Waals surface area contributed by atoms with Gasteiger partial charge in [-0.1, -0.05) is 34.1 Å². The van der Waals surface area contributed by atoms with Gasteiger partial charge in [0.15, 0.2) is 0 Å². The number of fused-ring (bicyclic) bond motifs is 1. The monoisotopic (exact) mass is 240 g/mol. The molecule has 0 aromatic rings. The Morgan fingerprint density at radius 3 is 2.53 bits per heavy atom. The molecule has 0 bridgehead atoms. The first kappa shape index (κ1) is 15.0. The summed E-state index contributed by atoms with van der Waals surface area (Å²) in [6.45, 7) is 13.8. The Balaban J connectivity index is 0.000000686. The Morgan fingerprint density at radius 1 is 1.06 bits per heavy atom.